The molecule has 156 valence electrons. The quantitative estimate of drug-likeness (QED) is 0.508. The van der Waals surface area contributed by atoms with Crippen molar-refractivity contribution in [2.75, 3.05) is 11.9 Å². The van der Waals surface area contributed by atoms with Crippen LogP contribution in [0, 0.1) is 6.92 Å². The van der Waals surface area contributed by atoms with E-state index in [9.17, 15) is 9.59 Å². The lowest BCUT2D eigenvalue weighted by molar-refractivity contribution is 0.0735. The Balaban J connectivity index is 1.32. The molecule has 0 unspecified atom stereocenters. The van der Waals surface area contributed by atoms with Crippen molar-refractivity contribution in [3.05, 3.63) is 80.7 Å². The molecule has 1 aliphatic heterocycles. The van der Waals surface area contributed by atoms with Gasteiger partial charge >= 0.3 is 0 Å². The van der Waals surface area contributed by atoms with Gasteiger partial charge in [-0.25, -0.2) is 9.67 Å². The van der Waals surface area contributed by atoms with E-state index in [1.54, 1.807) is 22.3 Å². The van der Waals surface area contributed by atoms with Gasteiger partial charge in [-0.3, -0.25) is 14.9 Å². The highest BCUT2D eigenvalue weighted by Gasteiger charge is 2.27. The summed E-state index contributed by atoms with van der Waals surface area (Å²) in [6, 6.07) is 11.6. The number of anilines is 1. The molecule has 0 saturated carbocycles. The van der Waals surface area contributed by atoms with Gasteiger partial charge in [0.25, 0.3) is 11.8 Å². The maximum atomic E-state index is 13.2. The standard InChI is InChI=1S/C22H19N5O2S2/c1-14-17(11-23-27(14)16-5-3-2-4-6-16)21(29)26-9-7-18-19(12-26)31-22(24-18)25-20(28)15-8-10-30-13-15/h2-6,8,10-11,13H,7,9,12H2,1H3,(H,24,25,28). The second-order valence-corrected chi connectivity index (χ2v) is 9.09. The Labute approximate surface area is 187 Å². The topological polar surface area (TPSA) is 80.1 Å². The van der Waals surface area contributed by atoms with Crippen LogP contribution in [-0.2, 0) is 13.0 Å². The molecule has 1 N–H and O–H groups in total. The third-order valence-corrected chi connectivity index (χ3v) is 6.94. The van der Waals surface area contributed by atoms with Gasteiger partial charge in [-0.2, -0.15) is 16.4 Å². The van der Waals surface area contributed by atoms with Crippen LogP contribution in [0.4, 0.5) is 5.13 Å². The average molecular weight is 450 g/mol. The molecule has 9 heteroatoms. The average Bonchev–Trinajstić information content (AvgIpc) is 3.53. The van der Waals surface area contributed by atoms with Crippen LogP contribution in [0.25, 0.3) is 5.69 Å². The van der Waals surface area contributed by atoms with Gasteiger partial charge in [-0.1, -0.05) is 29.5 Å². The maximum absolute atomic E-state index is 13.2. The van der Waals surface area contributed by atoms with Gasteiger partial charge in [0.15, 0.2) is 5.13 Å². The molecule has 3 aromatic heterocycles. The van der Waals surface area contributed by atoms with Gasteiger partial charge < -0.3 is 4.90 Å². The Morgan fingerprint density at radius 2 is 2.00 bits per heavy atom. The zero-order valence-corrected chi connectivity index (χ0v) is 18.4. The van der Waals surface area contributed by atoms with Gasteiger partial charge in [0, 0.05) is 23.2 Å². The highest BCUT2D eigenvalue weighted by Crippen LogP contribution is 2.30. The lowest BCUT2D eigenvalue weighted by Crippen LogP contribution is -2.35. The van der Waals surface area contributed by atoms with E-state index in [0.29, 0.717) is 35.8 Å². The fourth-order valence-electron chi connectivity index (χ4n) is 3.60. The number of rotatable bonds is 4. The Morgan fingerprint density at radius 3 is 2.77 bits per heavy atom. The molecule has 1 aliphatic rings. The number of carbonyl (C=O) groups excluding carboxylic acids is 2. The second kappa shape index (κ2) is 8.09. The highest BCUT2D eigenvalue weighted by atomic mass is 32.1. The number of nitrogens with one attached hydrogen (secondary N) is 1. The number of thiophene rings is 1. The predicted molar refractivity (Wildman–Crippen MR) is 121 cm³/mol. The zero-order chi connectivity index (χ0) is 21.4. The lowest BCUT2D eigenvalue weighted by Gasteiger charge is -2.26. The SMILES string of the molecule is Cc1c(C(=O)N2CCc3nc(NC(=O)c4ccsc4)sc3C2)cnn1-c1ccccc1. The van der Waals surface area contributed by atoms with E-state index in [4.69, 9.17) is 0 Å². The first-order valence-corrected chi connectivity index (χ1v) is 11.6. The number of para-hydroxylation sites is 1. The summed E-state index contributed by atoms with van der Waals surface area (Å²) in [5.74, 6) is -0.202. The molecule has 31 heavy (non-hydrogen) atoms. The molecule has 0 radical (unpaired) electrons. The minimum atomic E-state index is -0.163. The molecule has 4 heterocycles. The van der Waals surface area contributed by atoms with E-state index < -0.39 is 0 Å². The molecule has 0 atom stereocenters. The van der Waals surface area contributed by atoms with Crippen molar-refractivity contribution < 1.29 is 9.59 Å². The van der Waals surface area contributed by atoms with Crippen LogP contribution in [-0.4, -0.2) is 38.0 Å². The van der Waals surface area contributed by atoms with Crippen molar-refractivity contribution in [1.29, 1.82) is 0 Å². The molecule has 0 spiro atoms. The molecule has 4 aromatic rings. The Bertz CT molecular complexity index is 1240. The Hall–Kier alpha value is -3.30. The van der Waals surface area contributed by atoms with Crippen molar-refractivity contribution >= 4 is 39.6 Å². The molecule has 5 rings (SSSR count). The summed E-state index contributed by atoms with van der Waals surface area (Å²) in [4.78, 5) is 32.9. The van der Waals surface area contributed by atoms with Crippen molar-refractivity contribution in [3.8, 4) is 5.69 Å². The van der Waals surface area contributed by atoms with Gasteiger partial charge in [-0.05, 0) is 30.5 Å². The van der Waals surface area contributed by atoms with Gasteiger partial charge in [0.1, 0.15) is 0 Å². The first-order valence-electron chi connectivity index (χ1n) is 9.81. The number of hydrogen-bond acceptors (Lipinski definition) is 6. The number of amides is 2. The largest absolute Gasteiger partial charge is 0.333 e. The van der Waals surface area contributed by atoms with Crippen molar-refractivity contribution in [2.24, 2.45) is 0 Å². The minimum Gasteiger partial charge on any atom is -0.333 e. The van der Waals surface area contributed by atoms with Gasteiger partial charge in [0.2, 0.25) is 0 Å². The predicted octanol–water partition coefficient (Wildman–Crippen LogP) is 4.15. The Kier molecular flexibility index (Phi) is 5.13. The fraction of sp³-hybridized carbons (Fsp3) is 0.182. The van der Waals surface area contributed by atoms with Crippen molar-refractivity contribution in [3.63, 3.8) is 0 Å². The first kappa shape index (κ1) is 19.7. The molecule has 0 bridgehead atoms. The molecule has 7 nitrogen and oxygen atoms in total. The third-order valence-electron chi connectivity index (χ3n) is 5.26. The van der Waals surface area contributed by atoms with Crippen molar-refractivity contribution in [2.45, 2.75) is 19.9 Å². The van der Waals surface area contributed by atoms with E-state index in [1.807, 2.05) is 47.5 Å². The summed E-state index contributed by atoms with van der Waals surface area (Å²) in [6.07, 6.45) is 2.30. The van der Waals surface area contributed by atoms with Gasteiger partial charge in [-0.15, -0.1) is 0 Å². The van der Waals surface area contributed by atoms with Crippen LogP contribution in [0.1, 0.15) is 37.0 Å². The van der Waals surface area contributed by atoms with E-state index in [2.05, 4.69) is 15.4 Å². The van der Waals surface area contributed by atoms with E-state index in [1.165, 1.54) is 22.7 Å². The summed E-state index contributed by atoms with van der Waals surface area (Å²) in [7, 11) is 0. The molecule has 2 amide bonds. The number of fused-ring (bicyclic) bond motifs is 1. The number of aromatic nitrogens is 3. The van der Waals surface area contributed by atoms with Crippen LogP contribution in [0.15, 0.2) is 53.4 Å². The number of hydrogen-bond donors (Lipinski definition) is 1. The number of nitrogens with zero attached hydrogens (tertiary/aromatic N) is 4. The minimum absolute atomic E-state index is 0.0393. The molecule has 1 aromatic carbocycles. The maximum Gasteiger partial charge on any atom is 0.258 e. The second-order valence-electron chi connectivity index (χ2n) is 7.22. The van der Waals surface area contributed by atoms with Crippen molar-refractivity contribution in [1.82, 2.24) is 19.7 Å². The summed E-state index contributed by atoms with van der Waals surface area (Å²) in [6.45, 7) is 2.98. The highest BCUT2D eigenvalue weighted by molar-refractivity contribution is 7.16. The molecular formula is C22H19N5O2S2. The van der Waals surface area contributed by atoms with Crippen LogP contribution in [0.3, 0.4) is 0 Å². The smallest absolute Gasteiger partial charge is 0.258 e. The van der Waals surface area contributed by atoms with Crippen LogP contribution in [0.2, 0.25) is 0 Å². The number of benzene rings is 1. The molecule has 0 aliphatic carbocycles. The van der Waals surface area contributed by atoms with E-state index >= 15 is 0 Å². The number of thiazole rings is 1. The van der Waals surface area contributed by atoms with E-state index in [-0.39, 0.29) is 11.8 Å². The summed E-state index contributed by atoms with van der Waals surface area (Å²) < 4.78 is 1.79. The normalized spacial score (nSPS) is 13.1. The van der Waals surface area contributed by atoms with E-state index in [0.717, 1.165) is 22.0 Å². The van der Waals surface area contributed by atoms with Crippen LogP contribution >= 0.6 is 22.7 Å². The monoisotopic (exact) mass is 449 g/mol. The third kappa shape index (κ3) is 3.77. The summed E-state index contributed by atoms with van der Waals surface area (Å²) in [5, 5.41) is 11.5. The fourth-order valence-corrected chi connectivity index (χ4v) is 5.26. The van der Waals surface area contributed by atoms with Crippen LogP contribution < -0.4 is 5.32 Å². The number of carbonyl (C=O) groups is 2. The zero-order valence-electron chi connectivity index (χ0n) is 16.7. The lowest BCUT2D eigenvalue weighted by atomic mass is 10.1. The Morgan fingerprint density at radius 1 is 1.16 bits per heavy atom. The molecule has 0 saturated heterocycles. The molecular weight excluding hydrogens is 430 g/mol. The summed E-state index contributed by atoms with van der Waals surface area (Å²) >= 11 is 2.91. The summed E-state index contributed by atoms with van der Waals surface area (Å²) in [5.41, 5.74) is 3.92. The molecule has 0 fully saturated rings. The van der Waals surface area contributed by atoms with Crippen LogP contribution in [0.5, 0.6) is 0 Å². The first-order chi connectivity index (χ1) is 15.1. The van der Waals surface area contributed by atoms with Gasteiger partial charge in [0.05, 0.1) is 40.9 Å².